The van der Waals surface area contributed by atoms with Crippen LogP contribution in [-0.4, -0.2) is 19.1 Å². The minimum absolute atomic E-state index is 0.252. The third-order valence-electron chi connectivity index (χ3n) is 2.96. The Morgan fingerprint density at radius 3 is 2.67 bits per heavy atom. The van der Waals surface area contributed by atoms with Gasteiger partial charge in [0.25, 0.3) is 5.91 Å². The van der Waals surface area contributed by atoms with Crippen molar-refractivity contribution in [2.45, 2.75) is 6.54 Å². The smallest absolute Gasteiger partial charge is 0.253 e. The van der Waals surface area contributed by atoms with Crippen LogP contribution < -0.4 is 14.8 Å². The van der Waals surface area contributed by atoms with Gasteiger partial charge in [-0.05, 0) is 23.8 Å². The van der Waals surface area contributed by atoms with E-state index in [2.05, 4.69) is 5.32 Å². The summed E-state index contributed by atoms with van der Waals surface area (Å²) in [7, 11) is 0. The molecule has 1 aromatic heterocycles. The number of halogens is 2. The van der Waals surface area contributed by atoms with Gasteiger partial charge in [-0.25, -0.2) is 0 Å². The Labute approximate surface area is 135 Å². The summed E-state index contributed by atoms with van der Waals surface area (Å²) in [5.41, 5.74) is 1.31. The molecule has 0 spiro atoms. The Bertz CT molecular complexity index is 687. The highest BCUT2D eigenvalue weighted by Crippen LogP contribution is 2.32. The maximum Gasteiger partial charge on any atom is 0.253 e. The van der Waals surface area contributed by atoms with Crippen molar-refractivity contribution in [3.8, 4) is 11.5 Å². The summed E-state index contributed by atoms with van der Waals surface area (Å²) in [6, 6.07) is 7.14. The van der Waals surface area contributed by atoms with E-state index in [0.717, 1.165) is 11.3 Å². The molecule has 110 valence electrons. The molecule has 1 amide bonds. The first-order chi connectivity index (χ1) is 10.1. The molecule has 2 heterocycles. The van der Waals surface area contributed by atoms with Gasteiger partial charge in [-0.2, -0.15) is 0 Å². The normalized spacial score (nSPS) is 13.0. The molecular weight excluding hydrogens is 333 g/mol. The third-order valence-corrected chi connectivity index (χ3v) is 4.45. The molecule has 0 saturated heterocycles. The topological polar surface area (TPSA) is 47.6 Å². The fraction of sp³-hybridized carbons (Fsp3) is 0.214. The number of amides is 1. The maximum absolute atomic E-state index is 12.0. The van der Waals surface area contributed by atoms with Crippen LogP contribution in [0.1, 0.15) is 15.9 Å². The van der Waals surface area contributed by atoms with Gasteiger partial charge in [0.1, 0.15) is 17.6 Å². The molecule has 1 aromatic carbocycles. The average molecular weight is 344 g/mol. The van der Waals surface area contributed by atoms with Crippen LogP contribution in [-0.2, 0) is 6.54 Å². The van der Waals surface area contributed by atoms with Crippen molar-refractivity contribution in [1.82, 2.24) is 5.32 Å². The summed E-state index contributed by atoms with van der Waals surface area (Å²) in [6.07, 6.45) is 0. The van der Waals surface area contributed by atoms with Crippen molar-refractivity contribution in [1.29, 1.82) is 0 Å². The molecule has 0 atom stereocenters. The van der Waals surface area contributed by atoms with E-state index in [1.165, 1.54) is 11.3 Å². The van der Waals surface area contributed by atoms with Gasteiger partial charge in [-0.3, -0.25) is 4.79 Å². The summed E-state index contributed by atoms with van der Waals surface area (Å²) in [5, 5.41) is 2.80. The van der Waals surface area contributed by atoms with Crippen molar-refractivity contribution >= 4 is 40.4 Å². The Kier molecular flexibility index (Phi) is 4.24. The fourth-order valence-electron chi connectivity index (χ4n) is 1.97. The predicted octanol–water partition coefficient (Wildman–Crippen LogP) is 3.76. The van der Waals surface area contributed by atoms with Crippen molar-refractivity contribution in [3.05, 3.63) is 44.1 Å². The molecule has 0 unspecified atom stereocenters. The van der Waals surface area contributed by atoms with E-state index in [0.29, 0.717) is 39.7 Å². The highest BCUT2D eigenvalue weighted by Gasteiger charge is 2.15. The quantitative estimate of drug-likeness (QED) is 0.922. The molecule has 0 bridgehead atoms. The number of thiophene rings is 1. The predicted molar refractivity (Wildman–Crippen MR) is 82.9 cm³/mol. The Hall–Kier alpha value is -1.43. The van der Waals surface area contributed by atoms with E-state index < -0.39 is 0 Å². The van der Waals surface area contributed by atoms with E-state index in [9.17, 15) is 4.79 Å². The van der Waals surface area contributed by atoms with Gasteiger partial charge in [0, 0.05) is 6.54 Å². The van der Waals surface area contributed by atoms with Crippen LogP contribution in [0.4, 0.5) is 0 Å². The highest BCUT2D eigenvalue weighted by atomic mass is 35.5. The molecular formula is C14H11Cl2NO3S. The number of rotatable bonds is 3. The third kappa shape index (κ3) is 3.26. The van der Waals surface area contributed by atoms with Gasteiger partial charge >= 0.3 is 0 Å². The monoisotopic (exact) mass is 343 g/mol. The van der Waals surface area contributed by atoms with Crippen LogP contribution in [0.15, 0.2) is 24.3 Å². The Balaban J connectivity index is 1.67. The molecule has 21 heavy (non-hydrogen) atoms. The molecule has 3 rings (SSSR count). The SMILES string of the molecule is O=C(NCc1ccc2c(c1)OCCO2)c1cc(Cl)sc1Cl. The van der Waals surface area contributed by atoms with Crippen molar-refractivity contribution in [2.75, 3.05) is 13.2 Å². The second-order valence-electron chi connectivity index (χ2n) is 4.40. The average Bonchev–Trinajstić information content (AvgIpc) is 2.83. The second-order valence-corrected chi connectivity index (χ2v) is 6.68. The molecule has 0 aliphatic carbocycles. The van der Waals surface area contributed by atoms with E-state index in [1.807, 2.05) is 18.2 Å². The van der Waals surface area contributed by atoms with Gasteiger partial charge in [0.15, 0.2) is 11.5 Å². The summed E-state index contributed by atoms with van der Waals surface area (Å²) < 4.78 is 11.8. The minimum atomic E-state index is -0.252. The number of hydrogen-bond donors (Lipinski definition) is 1. The number of carbonyl (C=O) groups excluding carboxylic acids is 1. The molecule has 0 radical (unpaired) electrons. The molecule has 1 N–H and O–H groups in total. The summed E-state index contributed by atoms with van der Waals surface area (Å²) in [6.45, 7) is 1.46. The number of ether oxygens (including phenoxy) is 2. The molecule has 4 nitrogen and oxygen atoms in total. The van der Waals surface area contributed by atoms with Gasteiger partial charge < -0.3 is 14.8 Å². The summed E-state index contributed by atoms with van der Waals surface area (Å²) >= 11 is 13.0. The van der Waals surface area contributed by atoms with Crippen LogP contribution in [0.3, 0.4) is 0 Å². The van der Waals surface area contributed by atoms with Gasteiger partial charge in [0.2, 0.25) is 0 Å². The molecule has 1 aliphatic rings. The van der Waals surface area contributed by atoms with E-state index in [1.54, 1.807) is 6.07 Å². The molecule has 0 fully saturated rings. The van der Waals surface area contributed by atoms with Crippen molar-refractivity contribution in [3.63, 3.8) is 0 Å². The van der Waals surface area contributed by atoms with Crippen LogP contribution in [0.2, 0.25) is 8.67 Å². The molecule has 2 aromatic rings. The van der Waals surface area contributed by atoms with Gasteiger partial charge in [-0.15, -0.1) is 11.3 Å². The highest BCUT2D eigenvalue weighted by molar-refractivity contribution is 7.20. The van der Waals surface area contributed by atoms with Gasteiger partial charge in [-0.1, -0.05) is 29.3 Å². The first-order valence-electron chi connectivity index (χ1n) is 6.25. The summed E-state index contributed by atoms with van der Waals surface area (Å²) in [4.78, 5) is 12.0. The van der Waals surface area contributed by atoms with Crippen LogP contribution >= 0.6 is 34.5 Å². The lowest BCUT2D eigenvalue weighted by molar-refractivity contribution is 0.0951. The number of benzene rings is 1. The number of fused-ring (bicyclic) bond motifs is 1. The lowest BCUT2D eigenvalue weighted by Gasteiger charge is -2.18. The van der Waals surface area contributed by atoms with Crippen molar-refractivity contribution in [2.24, 2.45) is 0 Å². The fourth-order valence-corrected chi connectivity index (χ4v) is 3.43. The van der Waals surface area contributed by atoms with Crippen LogP contribution in [0.5, 0.6) is 11.5 Å². The largest absolute Gasteiger partial charge is 0.486 e. The minimum Gasteiger partial charge on any atom is -0.486 e. The lowest BCUT2D eigenvalue weighted by atomic mass is 10.2. The van der Waals surface area contributed by atoms with Crippen LogP contribution in [0.25, 0.3) is 0 Å². The second kappa shape index (κ2) is 6.13. The first-order valence-corrected chi connectivity index (χ1v) is 7.82. The summed E-state index contributed by atoms with van der Waals surface area (Å²) in [5.74, 6) is 1.17. The van der Waals surface area contributed by atoms with E-state index in [-0.39, 0.29) is 5.91 Å². The Morgan fingerprint density at radius 1 is 1.19 bits per heavy atom. The molecule has 1 aliphatic heterocycles. The zero-order valence-electron chi connectivity index (χ0n) is 10.8. The maximum atomic E-state index is 12.0. The Morgan fingerprint density at radius 2 is 1.95 bits per heavy atom. The van der Waals surface area contributed by atoms with Gasteiger partial charge in [0.05, 0.1) is 9.90 Å². The molecule has 7 heteroatoms. The van der Waals surface area contributed by atoms with Crippen molar-refractivity contribution < 1.29 is 14.3 Å². The van der Waals surface area contributed by atoms with E-state index in [4.69, 9.17) is 32.7 Å². The van der Waals surface area contributed by atoms with E-state index >= 15 is 0 Å². The standard InChI is InChI=1S/C14H11Cl2NO3S/c15-12-6-9(13(16)21-12)14(18)17-7-8-1-2-10-11(5-8)20-4-3-19-10/h1-2,5-6H,3-4,7H2,(H,17,18). The first kappa shape index (κ1) is 14.5. The zero-order valence-corrected chi connectivity index (χ0v) is 13.1. The lowest BCUT2D eigenvalue weighted by Crippen LogP contribution is -2.23. The number of nitrogens with one attached hydrogen (secondary N) is 1. The molecule has 0 saturated carbocycles. The zero-order chi connectivity index (χ0) is 14.8. The van der Waals surface area contributed by atoms with Crippen LogP contribution in [0, 0.1) is 0 Å². The number of carbonyl (C=O) groups is 1. The number of hydrogen-bond acceptors (Lipinski definition) is 4.